The second-order valence-electron chi connectivity index (χ2n) is 4.15. The lowest BCUT2D eigenvalue weighted by atomic mass is 10.1. The summed E-state index contributed by atoms with van der Waals surface area (Å²) in [5, 5.41) is 4.38. The first-order chi connectivity index (χ1) is 9.47. The number of primary amides is 1. The average Bonchev–Trinajstić information content (AvgIpc) is 2.41. The number of carbonyl (C=O) groups excluding carboxylic acids is 1. The van der Waals surface area contributed by atoms with E-state index in [4.69, 9.17) is 28.9 Å². The molecular weight excluding hydrogens is 363 g/mol. The van der Waals surface area contributed by atoms with Gasteiger partial charge in [0.15, 0.2) is 0 Å². The van der Waals surface area contributed by atoms with Crippen molar-refractivity contribution >= 4 is 50.7 Å². The van der Waals surface area contributed by atoms with Gasteiger partial charge in [0.1, 0.15) is 0 Å². The summed E-state index contributed by atoms with van der Waals surface area (Å²) in [5.41, 5.74) is 7.38. The normalized spacial score (nSPS) is 10.3. The first-order valence-corrected chi connectivity index (χ1v) is 7.29. The summed E-state index contributed by atoms with van der Waals surface area (Å²) in [6.45, 7) is 0.534. The smallest absolute Gasteiger partial charge is 0.248 e. The standard InChI is InChI=1S/C14H11BrCl2N2O/c15-11-6-10(3-4-12(11)16)19-7-9-2-1-8(14(18)20)5-13(9)17/h1-6,19H,7H2,(H2,18,20). The second-order valence-corrected chi connectivity index (χ2v) is 5.82. The lowest BCUT2D eigenvalue weighted by Crippen LogP contribution is -2.11. The van der Waals surface area contributed by atoms with Gasteiger partial charge >= 0.3 is 0 Å². The maximum Gasteiger partial charge on any atom is 0.248 e. The molecule has 0 bridgehead atoms. The van der Waals surface area contributed by atoms with Gasteiger partial charge in [0.2, 0.25) is 5.91 Å². The van der Waals surface area contributed by atoms with Crippen LogP contribution in [0.15, 0.2) is 40.9 Å². The fourth-order valence-electron chi connectivity index (χ4n) is 1.65. The number of amides is 1. The van der Waals surface area contributed by atoms with Crippen molar-refractivity contribution in [3.63, 3.8) is 0 Å². The molecule has 0 saturated heterocycles. The van der Waals surface area contributed by atoms with Gasteiger partial charge in [-0.1, -0.05) is 29.3 Å². The van der Waals surface area contributed by atoms with Crippen LogP contribution in [0.4, 0.5) is 5.69 Å². The van der Waals surface area contributed by atoms with Crippen LogP contribution in [-0.2, 0) is 6.54 Å². The van der Waals surface area contributed by atoms with E-state index in [1.165, 1.54) is 0 Å². The Morgan fingerprint density at radius 2 is 1.90 bits per heavy atom. The third kappa shape index (κ3) is 3.66. The van der Waals surface area contributed by atoms with Gasteiger partial charge in [0, 0.05) is 27.3 Å². The number of nitrogens with one attached hydrogen (secondary N) is 1. The van der Waals surface area contributed by atoms with Gasteiger partial charge in [-0.15, -0.1) is 0 Å². The van der Waals surface area contributed by atoms with Crippen molar-refractivity contribution in [1.29, 1.82) is 0 Å². The molecule has 0 saturated carbocycles. The highest BCUT2D eigenvalue weighted by molar-refractivity contribution is 9.10. The number of hydrogen-bond acceptors (Lipinski definition) is 2. The summed E-state index contributed by atoms with van der Waals surface area (Å²) in [4.78, 5) is 11.0. The zero-order chi connectivity index (χ0) is 14.7. The maximum atomic E-state index is 11.0. The molecule has 0 aromatic heterocycles. The van der Waals surface area contributed by atoms with E-state index in [0.29, 0.717) is 22.2 Å². The molecule has 1 amide bonds. The monoisotopic (exact) mass is 372 g/mol. The summed E-state index contributed by atoms with van der Waals surface area (Å²) in [6, 6.07) is 10.6. The predicted molar refractivity (Wildman–Crippen MR) is 86.4 cm³/mol. The van der Waals surface area contributed by atoms with Crippen molar-refractivity contribution in [2.45, 2.75) is 6.54 Å². The van der Waals surface area contributed by atoms with Crippen LogP contribution in [0.1, 0.15) is 15.9 Å². The van der Waals surface area contributed by atoms with Crippen molar-refractivity contribution in [3.8, 4) is 0 Å². The Bertz CT molecular complexity index is 662. The van der Waals surface area contributed by atoms with Gasteiger partial charge in [-0.25, -0.2) is 0 Å². The molecule has 0 atom stereocenters. The van der Waals surface area contributed by atoms with Crippen LogP contribution >= 0.6 is 39.1 Å². The van der Waals surface area contributed by atoms with Gasteiger partial charge in [0.25, 0.3) is 0 Å². The zero-order valence-electron chi connectivity index (χ0n) is 10.3. The molecule has 2 aromatic carbocycles. The molecule has 3 N–H and O–H groups in total. The highest BCUT2D eigenvalue weighted by Crippen LogP contribution is 2.26. The molecular formula is C14H11BrCl2N2O. The molecule has 6 heteroatoms. The van der Waals surface area contributed by atoms with Crippen molar-refractivity contribution in [2.24, 2.45) is 5.73 Å². The number of anilines is 1. The Kier molecular flexibility index (Phi) is 4.91. The quantitative estimate of drug-likeness (QED) is 0.830. The third-order valence-electron chi connectivity index (χ3n) is 2.74. The number of carbonyl (C=O) groups is 1. The summed E-state index contributed by atoms with van der Waals surface area (Å²) in [6.07, 6.45) is 0. The van der Waals surface area contributed by atoms with Crippen LogP contribution < -0.4 is 11.1 Å². The number of hydrogen-bond donors (Lipinski definition) is 2. The van der Waals surface area contributed by atoms with Gasteiger partial charge in [-0.2, -0.15) is 0 Å². The van der Waals surface area contributed by atoms with Crippen molar-refractivity contribution < 1.29 is 4.79 Å². The van der Waals surface area contributed by atoms with E-state index in [0.717, 1.165) is 15.7 Å². The van der Waals surface area contributed by atoms with Crippen molar-refractivity contribution in [1.82, 2.24) is 0 Å². The van der Waals surface area contributed by atoms with Crippen LogP contribution in [-0.4, -0.2) is 5.91 Å². The SMILES string of the molecule is NC(=O)c1ccc(CNc2ccc(Cl)c(Br)c2)c(Cl)c1. The van der Waals surface area contributed by atoms with Crippen LogP contribution in [0.2, 0.25) is 10.0 Å². The van der Waals surface area contributed by atoms with E-state index in [1.54, 1.807) is 24.3 Å². The first-order valence-electron chi connectivity index (χ1n) is 5.74. The van der Waals surface area contributed by atoms with Gasteiger partial charge < -0.3 is 11.1 Å². The molecule has 0 aliphatic carbocycles. The topological polar surface area (TPSA) is 55.1 Å². The zero-order valence-corrected chi connectivity index (χ0v) is 13.4. The van der Waals surface area contributed by atoms with E-state index in [2.05, 4.69) is 21.2 Å². The Balaban J connectivity index is 2.10. The molecule has 0 fully saturated rings. The molecule has 0 spiro atoms. The maximum absolute atomic E-state index is 11.0. The van der Waals surface area contributed by atoms with Crippen molar-refractivity contribution in [2.75, 3.05) is 5.32 Å². The van der Waals surface area contributed by atoms with E-state index in [9.17, 15) is 4.79 Å². The minimum absolute atomic E-state index is 0.396. The molecule has 0 aliphatic rings. The van der Waals surface area contributed by atoms with Gasteiger partial charge in [0.05, 0.1) is 5.02 Å². The molecule has 2 aromatic rings. The lowest BCUT2D eigenvalue weighted by molar-refractivity contribution is 0.100. The Morgan fingerprint density at radius 3 is 2.50 bits per heavy atom. The second kappa shape index (κ2) is 6.48. The Labute approximate surface area is 135 Å². The molecule has 0 aliphatic heterocycles. The van der Waals surface area contributed by atoms with Crippen LogP contribution in [0.3, 0.4) is 0 Å². The molecule has 20 heavy (non-hydrogen) atoms. The fraction of sp³-hybridized carbons (Fsp3) is 0.0714. The third-order valence-corrected chi connectivity index (χ3v) is 4.31. The Hall–Kier alpha value is -1.23. The first kappa shape index (κ1) is 15.2. The molecule has 104 valence electrons. The number of halogens is 3. The highest BCUT2D eigenvalue weighted by Gasteiger charge is 2.06. The minimum atomic E-state index is -0.493. The molecule has 0 unspecified atom stereocenters. The average molecular weight is 374 g/mol. The summed E-state index contributed by atoms with van der Waals surface area (Å²) < 4.78 is 0.819. The molecule has 0 heterocycles. The van der Waals surface area contributed by atoms with E-state index in [-0.39, 0.29) is 0 Å². The van der Waals surface area contributed by atoms with Crippen molar-refractivity contribution in [3.05, 3.63) is 62.0 Å². The largest absolute Gasteiger partial charge is 0.381 e. The molecule has 3 nitrogen and oxygen atoms in total. The minimum Gasteiger partial charge on any atom is -0.381 e. The summed E-state index contributed by atoms with van der Waals surface area (Å²) in [7, 11) is 0. The van der Waals surface area contributed by atoms with Crippen LogP contribution in [0.25, 0.3) is 0 Å². The molecule has 2 rings (SSSR count). The van der Waals surface area contributed by atoms with E-state index >= 15 is 0 Å². The van der Waals surface area contributed by atoms with Gasteiger partial charge in [-0.05, 0) is 51.8 Å². The van der Waals surface area contributed by atoms with Gasteiger partial charge in [-0.3, -0.25) is 4.79 Å². The van der Waals surface area contributed by atoms with Crippen LogP contribution in [0.5, 0.6) is 0 Å². The van der Waals surface area contributed by atoms with E-state index < -0.39 is 5.91 Å². The Morgan fingerprint density at radius 1 is 1.15 bits per heavy atom. The fourth-order valence-corrected chi connectivity index (χ4v) is 2.39. The van der Waals surface area contributed by atoms with Crippen LogP contribution in [0, 0.1) is 0 Å². The highest BCUT2D eigenvalue weighted by atomic mass is 79.9. The summed E-state index contributed by atoms with van der Waals surface area (Å²) >= 11 is 15.4. The number of nitrogens with two attached hydrogens (primary N) is 1. The van der Waals surface area contributed by atoms with E-state index in [1.807, 2.05) is 12.1 Å². The lowest BCUT2D eigenvalue weighted by Gasteiger charge is -2.09. The summed E-state index contributed by atoms with van der Waals surface area (Å²) in [5.74, 6) is -0.493. The number of benzene rings is 2. The predicted octanol–water partition coefficient (Wildman–Crippen LogP) is 4.47. The molecule has 0 radical (unpaired) electrons. The number of rotatable bonds is 4.